The van der Waals surface area contributed by atoms with Gasteiger partial charge in [0, 0.05) is 48.2 Å². The van der Waals surface area contributed by atoms with E-state index in [1.54, 1.807) is 36.4 Å². The number of fused-ring (bicyclic) bond motifs is 1. The molecule has 0 amide bonds. The van der Waals surface area contributed by atoms with Gasteiger partial charge in [-0.2, -0.15) is 0 Å². The van der Waals surface area contributed by atoms with E-state index < -0.39 is 11.8 Å². The number of carbonyl (C=O) groups is 1. The number of halogens is 2. The SMILES string of the molecule is CC(C)n1cncc1Cn1c(CN2CCC(n3ccc(OCc4ccc(Cl)cc4F)n3)CC2)nc2ccc(C(=O)O)cc21. The second kappa shape index (κ2) is 12.2. The number of hydrogen-bond acceptors (Lipinski definition) is 6. The zero-order chi connectivity index (χ0) is 30.1. The lowest BCUT2D eigenvalue weighted by Crippen LogP contribution is -2.35. The van der Waals surface area contributed by atoms with Crippen molar-refractivity contribution in [1.82, 2.24) is 33.8 Å². The normalized spacial score (nSPS) is 14.6. The molecular formula is C31H33ClFN7O3. The molecule has 4 heterocycles. The van der Waals surface area contributed by atoms with E-state index in [4.69, 9.17) is 21.3 Å². The molecule has 0 atom stereocenters. The largest absolute Gasteiger partial charge is 0.478 e. The Kier molecular flexibility index (Phi) is 8.18. The maximum Gasteiger partial charge on any atom is 0.335 e. The van der Waals surface area contributed by atoms with Gasteiger partial charge in [-0.1, -0.05) is 17.7 Å². The van der Waals surface area contributed by atoms with E-state index in [9.17, 15) is 14.3 Å². The predicted molar refractivity (Wildman–Crippen MR) is 160 cm³/mol. The van der Waals surface area contributed by atoms with Crippen LogP contribution in [0, 0.1) is 5.82 Å². The van der Waals surface area contributed by atoms with Crippen LogP contribution in [-0.4, -0.2) is 57.9 Å². The van der Waals surface area contributed by atoms with E-state index in [-0.39, 0.29) is 24.3 Å². The van der Waals surface area contributed by atoms with Gasteiger partial charge in [-0.25, -0.2) is 19.2 Å². The van der Waals surface area contributed by atoms with Gasteiger partial charge in [0.15, 0.2) is 0 Å². The van der Waals surface area contributed by atoms with Crippen molar-refractivity contribution in [3.63, 3.8) is 0 Å². The second-order valence-corrected chi connectivity index (χ2v) is 11.6. The number of aromatic carboxylic acids is 1. The summed E-state index contributed by atoms with van der Waals surface area (Å²) in [6.07, 6.45) is 7.39. The Hall–Kier alpha value is -4.22. The highest BCUT2D eigenvalue weighted by molar-refractivity contribution is 6.30. The number of likely N-dealkylation sites (tertiary alicyclic amines) is 1. The summed E-state index contributed by atoms with van der Waals surface area (Å²) in [6, 6.07) is 11.9. The zero-order valence-corrected chi connectivity index (χ0v) is 24.8. The second-order valence-electron chi connectivity index (χ2n) is 11.2. The monoisotopic (exact) mass is 605 g/mol. The standard InChI is InChI=1S/C31H33ClFN7O3/c1-20(2)39-19-34-15-25(39)16-38-28-13-21(31(41)42)4-6-27(28)35-29(38)17-37-10-7-24(8-11-37)40-12-9-30(36-40)43-18-22-3-5-23(32)14-26(22)33/h3-6,9,12-15,19-20,24H,7-8,10-11,16-18H2,1-2H3,(H,41,42). The molecule has 1 saturated heterocycles. The number of carboxylic acids is 1. The first-order valence-corrected chi connectivity index (χ1v) is 14.7. The van der Waals surface area contributed by atoms with Crippen molar-refractivity contribution in [2.24, 2.45) is 0 Å². The van der Waals surface area contributed by atoms with Crippen molar-refractivity contribution in [3.8, 4) is 5.88 Å². The smallest absolute Gasteiger partial charge is 0.335 e. The maximum absolute atomic E-state index is 14.1. The molecule has 43 heavy (non-hydrogen) atoms. The van der Waals surface area contributed by atoms with Crippen molar-refractivity contribution in [2.45, 2.75) is 58.5 Å². The van der Waals surface area contributed by atoms with Crippen molar-refractivity contribution in [3.05, 3.63) is 94.7 Å². The molecule has 6 rings (SSSR count). The summed E-state index contributed by atoms with van der Waals surface area (Å²) in [4.78, 5) is 23.4. The van der Waals surface area contributed by atoms with Crippen molar-refractivity contribution < 1.29 is 19.0 Å². The van der Waals surface area contributed by atoms with Gasteiger partial charge >= 0.3 is 5.97 Å². The molecular weight excluding hydrogens is 573 g/mol. The Bertz CT molecular complexity index is 1750. The minimum Gasteiger partial charge on any atom is -0.478 e. The quantitative estimate of drug-likeness (QED) is 0.209. The summed E-state index contributed by atoms with van der Waals surface area (Å²) < 4.78 is 26.0. The van der Waals surface area contributed by atoms with Crippen LogP contribution in [-0.2, 0) is 19.7 Å². The maximum atomic E-state index is 14.1. The van der Waals surface area contributed by atoms with E-state index >= 15 is 0 Å². The molecule has 1 aliphatic heterocycles. The van der Waals surface area contributed by atoms with Crippen LogP contribution in [0.15, 0.2) is 61.2 Å². The number of rotatable bonds is 10. The molecule has 3 aromatic heterocycles. The summed E-state index contributed by atoms with van der Waals surface area (Å²) in [5, 5.41) is 14.5. The van der Waals surface area contributed by atoms with Crippen LogP contribution in [0.25, 0.3) is 11.0 Å². The summed E-state index contributed by atoms with van der Waals surface area (Å²) in [7, 11) is 0. The van der Waals surface area contributed by atoms with Gasteiger partial charge in [0.05, 0.1) is 47.7 Å². The van der Waals surface area contributed by atoms with Gasteiger partial charge in [0.25, 0.3) is 0 Å². The van der Waals surface area contributed by atoms with Crippen molar-refractivity contribution in [2.75, 3.05) is 13.1 Å². The average Bonchev–Trinajstić information content (AvgIpc) is 3.72. The van der Waals surface area contributed by atoms with E-state index in [1.165, 1.54) is 6.07 Å². The number of benzene rings is 2. The summed E-state index contributed by atoms with van der Waals surface area (Å²) in [5.74, 6) is -0.0286. The van der Waals surface area contributed by atoms with Crippen LogP contribution in [0.4, 0.5) is 4.39 Å². The fourth-order valence-corrected chi connectivity index (χ4v) is 5.78. The number of piperidine rings is 1. The molecule has 0 bridgehead atoms. The van der Waals surface area contributed by atoms with Gasteiger partial charge < -0.3 is 19.0 Å². The number of ether oxygens (including phenoxy) is 1. The topological polar surface area (TPSA) is 103 Å². The number of hydrogen-bond donors (Lipinski definition) is 1. The summed E-state index contributed by atoms with van der Waals surface area (Å²) in [5.41, 5.74) is 3.26. The number of imidazole rings is 2. The summed E-state index contributed by atoms with van der Waals surface area (Å²) in [6.45, 7) is 7.18. The van der Waals surface area contributed by atoms with E-state index in [2.05, 4.69) is 38.0 Å². The molecule has 0 aliphatic carbocycles. The fourth-order valence-electron chi connectivity index (χ4n) is 5.62. The van der Waals surface area contributed by atoms with Gasteiger partial charge in [0.2, 0.25) is 5.88 Å². The molecule has 2 aromatic carbocycles. The fraction of sp³-hybridized carbons (Fsp3) is 0.355. The molecule has 0 unspecified atom stereocenters. The molecule has 5 aromatic rings. The van der Waals surface area contributed by atoms with Crippen molar-refractivity contribution in [1.29, 1.82) is 0 Å². The van der Waals surface area contributed by atoms with Crippen LogP contribution in [0.3, 0.4) is 0 Å². The highest BCUT2D eigenvalue weighted by atomic mass is 35.5. The Labute approximate surface area is 253 Å². The minimum absolute atomic E-state index is 0.0748. The third-order valence-electron chi connectivity index (χ3n) is 7.97. The van der Waals surface area contributed by atoms with Crippen LogP contribution in [0.5, 0.6) is 5.88 Å². The molecule has 12 heteroatoms. The summed E-state index contributed by atoms with van der Waals surface area (Å²) >= 11 is 5.84. The Morgan fingerprint density at radius 2 is 1.95 bits per heavy atom. The van der Waals surface area contributed by atoms with Gasteiger partial charge in [-0.15, -0.1) is 5.10 Å². The molecule has 1 aliphatic rings. The molecule has 0 radical (unpaired) electrons. The van der Waals surface area contributed by atoms with Gasteiger partial charge in [-0.05, 0) is 57.0 Å². The molecule has 10 nitrogen and oxygen atoms in total. The predicted octanol–water partition coefficient (Wildman–Crippen LogP) is 5.97. The van der Waals surface area contributed by atoms with E-state index in [0.29, 0.717) is 29.6 Å². The lowest BCUT2D eigenvalue weighted by molar-refractivity contribution is 0.0697. The lowest BCUT2D eigenvalue weighted by atomic mass is 10.1. The third kappa shape index (κ3) is 6.28. The number of carboxylic acid groups (broad SMARTS) is 1. The minimum atomic E-state index is -0.963. The molecule has 0 spiro atoms. The molecule has 224 valence electrons. The van der Waals surface area contributed by atoms with E-state index in [1.807, 2.05) is 23.4 Å². The van der Waals surface area contributed by atoms with Crippen molar-refractivity contribution >= 4 is 28.6 Å². The van der Waals surface area contributed by atoms with Crippen LogP contribution in [0.1, 0.15) is 66.2 Å². The lowest BCUT2D eigenvalue weighted by Gasteiger charge is -2.31. The highest BCUT2D eigenvalue weighted by Gasteiger charge is 2.24. The van der Waals surface area contributed by atoms with E-state index in [0.717, 1.165) is 48.5 Å². The van der Waals surface area contributed by atoms with Crippen LogP contribution < -0.4 is 4.74 Å². The number of aromatic nitrogens is 6. The number of nitrogens with zero attached hydrogens (tertiary/aromatic N) is 7. The first-order valence-electron chi connectivity index (χ1n) is 14.3. The zero-order valence-electron chi connectivity index (χ0n) is 24.0. The van der Waals surface area contributed by atoms with Gasteiger partial charge in [0.1, 0.15) is 18.2 Å². The molecule has 1 N–H and O–H groups in total. The Morgan fingerprint density at radius 3 is 2.70 bits per heavy atom. The molecule has 1 fully saturated rings. The van der Waals surface area contributed by atoms with Crippen LogP contribution in [0.2, 0.25) is 5.02 Å². The Balaban J connectivity index is 1.14. The average molecular weight is 606 g/mol. The first kappa shape index (κ1) is 28.9. The third-order valence-corrected chi connectivity index (χ3v) is 8.20. The Morgan fingerprint density at radius 1 is 1.14 bits per heavy atom. The van der Waals surface area contributed by atoms with Crippen LogP contribution >= 0.6 is 11.6 Å². The first-order chi connectivity index (χ1) is 20.7. The van der Waals surface area contributed by atoms with Gasteiger partial charge in [-0.3, -0.25) is 9.58 Å². The highest BCUT2D eigenvalue weighted by Crippen LogP contribution is 2.27. The molecule has 0 saturated carbocycles.